The molecule has 14 heteroatoms. The van der Waals surface area contributed by atoms with Crippen molar-refractivity contribution in [3.05, 3.63) is 0 Å². The van der Waals surface area contributed by atoms with Crippen molar-refractivity contribution < 1.29 is 89.5 Å². The highest BCUT2D eigenvalue weighted by atomic mass is 16.5. The maximum atomic E-state index is 13.1. The average molecular weight is 1050 g/mol. The molecular weight excluding hydrogens is 933 g/mol. The third kappa shape index (κ3) is 45.8. The minimum absolute atomic E-state index is 0. The lowest BCUT2D eigenvalue weighted by Crippen LogP contribution is -2.49. The van der Waals surface area contributed by atoms with E-state index in [1.807, 2.05) is 0 Å². The number of urea groups is 2. The maximum absolute atomic E-state index is 13.1. The summed E-state index contributed by atoms with van der Waals surface area (Å²) >= 11 is 0. The van der Waals surface area contributed by atoms with E-state index in [2.05, 4.69) is 233 Å². The van der Waals surface area contributed by atoms with Gasteiger partial charge in [0.2, 0.25) is 0 Å². The van der Waals surface area contributed by atoms with E-state index in [0.717, 1.165) is 44.9 Å². The average Bonchev–Trinajstić information content (AvgIpc) is 3.40. The Morgan fingerprint density at radius 1 is 0.338 bits per heavy atom. The highest BCUT2D eigenvalue weighted by Gasteiger charge is 2.20. The first kappa shape index (κ1) is 62.6. The molecule has 0 radical (unpaired) electrons. The minimum atomic E-state index is -0.720. The summed E-state index contributed by atoms with van der Waals surface area (Å²) in [7, 11) is 1.29. The van der Waals surface area contributed by atoms with Crippen molar-refractivity contribution in [3.63, 3.8) is 0 Å². The molecule has 0 rings (SSSR count). The predicted octanol–water partition coefficient (Wildman–Crippen LogP) is 12.3. The van der Waals surface area contributed by atoms with Crippen molar-refractivity contribution in [2.75, 3.05) is 46.4 Å². The molecule has 0 heterocycles. The fraction of sp³-hybridized carbons (Fsp3) is 0.317. The summed E-state index contributed by atoms with van der Waals surface area (Å²) in [5, 5.41) is 13.4. The Kier molecular flexibility index (Phi) is 43.2. The van der Waals surface area contributed by atoms with E-state index in [1.165, 1.54) is 12.0 Å². The van der Waals surface area contributed by atoms with Gasteiger partial charge in [0, 0.05) is 185 Å². The molecule has 0 saturated heterocycles. The largest absolute Gasteiger partial charge is 0.453 e. The third-order valence-electron chi connectivity index (χ3n) is 7.84. The summed E-state index contributed by atoms with van der Waals surface area (Å²) in [4.78, 5) is 62.3. The lowest BCUT2D eigenvalue weighted by Gasteiger charge is -2.22. The van der Waals surface area contributed by atoms with Crippen LogP contribution in [0.2, 0.25) is 0 Å². The molecule has 0 spiro atoms. The Labute approximate surface area is 489 Å². The van der Waals surface area contributed by atoms with Gasteiger partial charge in [0.1, 0.15) is 12.2 Å². The van der Waals surface area contributed by atoms with Gasteiger partial charge in [0.05, 0.1) is 7.11 Å². The van der Waals surface area contributed by atoms with Crippen LogP contribution in [0, 0.1) is 215 Å². The molecule has 0 bridgehead atoms. The van der Waals surface area contributed by atoms with E-state index in [0.29, 0.717) is 64.8 Å². The number of terminal acetylenes is 2. The van der Waals surface area contributed by atoms with Gasteiger partial charge in [0.15, 0.2) is 0 Å². The highest BCUT2D eigenvalue weighted by Crippen LogP contribution is 2.05. The molecule has 0 unspecified atom stereocenters. The van der Waals surface area contributed by atoms with Crippen LogP contribution in [0.5, 0.6) is 0 Å². The molecule has 7 amide bonds. The molecule has 0 fully saturated rings. The van der Waals surface area contributed by atoms with Crippen LogP contribution >= 0.6 is 0 Å². The fourth-order valence-corrected chi connectivity index (χ4v) is 4.63. The van der Waals surface area contributed by atoms with Gasteiger partial charge in [-0.25, -0.2) is 28.9 Å². The number of methoxy groups -OCH3 is 1. The lowest BCUT2D eigenvalue weighted by atomic mass is 10.2. The van der Waals surface area contributed by atoms with E-state index in [4.69, 9.17) is 22.3 Å². The molecule has 0 aliphatic heterocycles. The number of carbonyl (C=O) groups is 5. The number of rotatable bonds is 21. The second-order valence-electron chi connectivity index (χ2n) is 13.2. The van der Waals surface area contributed by atoms with Crippen molar-refractivity contribution >= 4 is 30.3 Å². The lowest BCUT2D eigenvalue weighted by molar-refractivity contribution is 0.170. The Morgan fingerprint density at radius 3 is 0.865 bits per heavy atom. The molecule has 0 aliphatic carbocycles. The summed E-state index contributed by atoms with van der Waals surface area (Å²) in [6.07, 6.45) is 20.8. The fourth-order valence-electron chi connectivity index (χ4n) is 4.63. The van der Waals surface area contributed by atoms with Gasteiger partial charge in [-0.05, 0) is 133 Å². The Bertz CT molecular complexity index is 3030. The quantitative estimate of drug-likeness (QED) is 0.0429. The number of ether oxygens (including phenoxy) is 3. The number of hydrogen-bond donors (Lipinski definition) is 5. The van der Waals surface area contributed by atoms with E-state index < -0.39 is 30.3 Å². The van der Waals surface area contributed by atoms with E-state index >= 15 is 0 Å². The Morgan fingerprint density at radius 2 is 0.581 bits per heavy atom. The molecule has 0 aromatic rings. The zero-order chi connectivity index (χ0) is 53.9. The van der Waals surface area contributed by atoms with Gasteiger partial charge in [0.25, 0.3) is 0 Å². The number of unbranched alkanes of at least 4 members (excludes halogenated alkanes) is 9. The summed E-state index contributed by atoms with van der Waals surface area (Å²) in [5.74, 6) is 77.3. The Hall–Kier alpha value is -11.4. The van der Waals surface area contributed by atoms with Crippen molar-refractivity contribution in [2.45, 2.75) is 77.0 Å². The standard InChI is InChI=1S/C60H46N6O8.36H2/c1-4-6-8-10-12-14-16-18-20-22-24-26-28-30-38-46-54-73-59(70)64-51-42-34-32-40-48-61-56(67)66(53-45-37-36-44-50-63-58(69)72-3)57(68)62-49-41-33-35-43-52-65-60(71)74-55-47-39-31-29-27-25-23-21-19-17-15-13-11-9-7-5-2;;;;;;;;;;;;;;;;;;;;;;;;;;;;;;;;;;;;/h1-2H,32-37,40-45,48-53H2,3H3,(H,61,67)(H,62,68)(H,63,69)(H,64,70)(H,65,71);36*1H. The second kappa shape index (κ2) is 51.0. The SMILES string of the molecule is C#CC#CC#CC#CC#CC#CC#CC#CC#COC(=O)NCCCCCCNC(=O)N(CCCCCCNC(=O)OC)C(=O)NCCCCCCNC(=O)OC#CC#CC#CC#CC#CC#CC#CC#CC#C.[HH].[HH].[HH].[HH].[HH].[HH].[HH].[HH].[HH].[HH].[HH].[HH].[HH].[HH].[HH].[HH].[HH].[HH].[HH].[HH].[HH].[HH].[HH].[HH].[HH].[HH].[HH].[HH].[HH].[HH].[HH].[HH].[HH].[HH].[HH].[HH]. The molecular formula is C60H118N6O8. The van der Waals surface area contributed by atoms with Gasteiger partial charge < -0.3 is 40.8 Å². The van der Waals surface area contributed by atoms with Crippen molar-refractivity contribution in [2.24, 2.45) is 0 Å². The number of amides is 7. The van der Waals surface area contributed by atoms with Crippen LogP contribution < -0.4 is 26.6 Å². The topological polar surface area (TPSA) is 176 Å². The first-order chi connectivity index (χ1) is 36.3. The van der Waals surface area contributed by atoms with E-state index in [9.17, 15) is 24.0 Å². The molecule has 14 nitrogen and oxygen atoms in total. The zero-order valence-electron chi connectivity index (χ0n) is 40.6. The molecule has 0 aromatic heterocycles. The van der Waals surface area contributed by atoms with Crippen molar-refractivity contribution in [1.82, 2.24) is 31.5 Å². The molecule has 74 heavy (non-hydrogen) atoms. The number of imide groups is 1. The van der Waals surface area contributed by atoms with Crippen LogP contribution in [0.1, 0.15) is 128 Å². The van der Waals surface area contributed by atoms with Crippen molar-refractivity contribution in [1.29, 1.82) is 0 Å². The minimum Gasteiger partial charge on any atom is -0.453 e. The summed E-state index contributed by atoms with van der Waals surface area (Å²) in [5.41, 5.74) is 0. The van der Waals surface area contributed by atoms with Crippen LogP contribution in [0.25, 0.3) is 0 Å². The van der Waals surface area contributed by atoms with Gasteiger partial charge in [-0.3, -0.25) is 0 Å². The number of carbonyl (C=O) groups excluding carboxylic acids is 5. The highest BCUT2D eigenvalue weighted by molar-refractivity contribution is 5.93. The van der Waals surface area contributed by atoms with Crippen LogP contribution in [0.4, 0.5) is 24.0 Å². The summed E-state index contributed by atoms with van der Waals surface area (Å²) < 4.78 is 14.1. The molecule has 0 aromatic carbocycles. The predicted molar refractivity (Wildman–Crippen MR) is 356 cm³/mol. The third-order valence-corrected chi connectivity index (χ3v) is 7.84. The monoisotopic (exact) mass is 1050 g/mol. The van der Waals surface area contributed by atoms with Crippen molar-refractivity contribution in [3.8, 4) is 215 Å². The van der Waals surface area contributed by atoms with Crippen LogP contribution in [0.3, 0.4) is 0 Å². The molecule has 5 N–H and O–H groups in total. The van der Waals surface area contributed by atoms with Gasteiger partial charge in [-0.15, -0.1) is 12.8 Å². The Balaban J connectivity index is -0.0000000423. The summed E-state index contributed by atoms with van der Waals surface area (Å²) in [6, 6.07) is -1.01. The maximum Gasteiger partial charge on any atom is 0.421 e. The summed E-state index contributed by atoms with van der Waals surface area (Å²) in [6.45, 7) is 2.08. The smallest absolute Gasteiger partial charge is 0.421 e. The second-order valence-corrected chi connectivity index (χ2v) is 13.2. The molecule has 0 aliphatic rings. The van der Waals surface area contributed by atoms with Crippen LogP contribution in [-0.2, 0) is 14.2 Å². The first-order valence-corrected chi connectivity index (χ1v) is 22.3. The van der Waals surface area contributed by atoms with Crippen LogP contribution in [0.15, 0.2) is 0 Å². The molecule has 0 saturated carbocycles. The number of nitrogens with one attached hydrogen (secondary N) is 5. The van der Waals surface area contributed by atoms with Gasteiger partial charge >= 0.3 is 30.3 Å². The van der Waals surface area contributed by atoms with Gasteiger partial charge in [-0.2, -0.15) is 0 Å². The first-order valence-electron chi connectivity index (χ1n) is 22.3. The number of hydrogen-bond acceptors (Lipinski definition) is 8. The molecule has 436 valence electrons. The van der Waals surface area contributed by atoms with E-state index in [1.54, 1.807) is 0 Å². The number of nitrogens with zero attached hydrogens (tertiary/aromatic N) is 1. The zero-order valence-corrected chi connectivity index (χ0v) is 40.6. The molecule has 0 atom stereocenters. The number of alkyl carbamates (subject to hydrolysis) is 3. The van der Waals surface area contributed by atoms with Gasteiger partial charge in [-0.1, -0.05) is 38.5 Å². The van der Waals surface area contributed by atoms with Crippen LogP contribution in [-0.4, -0.2) is 81.6 Å². The van der Waals surface area contributed by atoms with E-state index in [-0.39, 0.29) is 57.9 Å². The normalized spacial score (nSPS) is 7.28.